The van der Waals surface area contributed by atoms with Crippen molar-refractivity contribution in [3.05, 3.63) is 64.1 Å². The number of aromatic amines is 1. The molecule has 1 amide bonds. The Hall–Kier alpha value is -3.19. The molecule has 0 saturated heterocycles. The zero-order valence-electron chi connectivity index (χ0n) is 14.9. The van der Waals surface area contributed by atoms with Crippen LogP contribution >= 0.6 is 11.6 Å². The first-order chi connectivity index (χ1) is 13.3. The number of carboxylic acids is 1. The number of fused-ring (bicyclic) bond motifs is 1. The van der Waals surface area contributed by atoms with Crippen molar-refractivity contribution in [2.75, 3.05) is 5.32 Å². The minimum Gasteiger partial charge on any atom is -0.481 e. The van der Waals surface area contributed by atoms with E-state index in [0.717, 1.165) is 16.5 Å². The molecular formula is C20H17ClFN3O3. The quantitative estimate of drug-likeness (QED) is 0.535. The molecule has 0 aliphatic heterocycles. The molecule has 0 aliphatic carbocycles. The van der Waals surface area contributed by atoms with E-state index in [0.29, 0.717) is 16.4 Å². The van der Waals surface area contributed by atoms with Crippen LogP contribution in [0.1, 0.15) is 23.1 Å². The van der Waals surface area contributed by atoms with Crippen molar-refractivity contribution in [3.8, 4) is 0 Å². The molecule has 1 aromatic heterocycles. The van der Waals surface area contributed by atoms with E-state index in [9.17, 15) is 14.0 Å². The van der Waals surface area contributed by atoms with E-state index in [4.69, 9.17) is 16.7 Å². The Kier molecular flexibility index (Phi) is 5.75. The number of hydrogen-bond donors (Lipinski definition) is 3. The number of aryl methyl sites for hydroxylation is 1. The summed E-state index contributed by atoms with van der Waals surface area (Å²) in [5, 5.41) is 19.3. The molecule has 0 unspecified atom stereocenters. The molecule has 0 aliphatic rings. The lowest BCUT2D eigenvalue weighted by atomic mass is 10.0. The largest absolute Gasteiger partial charge is 0.481 e. The zero-order chi connectivity index (χ0) is 20.3. The standard InChI is InChI=1S/C20H17ClFN3O3/c1-11-15(22)8-13(4-7-19(27)28)10-16(11)23-18(26)6-3-12-2-5-14-17(9-12)24-25-20(14)21/h2-3,5-6,8-10H,4,7H2,1H3,(H,23,26)(H,24,25)(H,27,28)/b6-3+. The molecule has 3 rings (SSSR count). The predicted molar refractivity (Wildman–Crippen MR) is 106 cm³/mol. The third-order valence-corrected chi connectivity index (χ3v) is 4.55. The van der Waals surface area contributed by atoms with Crippen LogP contribution in [0, 0.1) is 12.7 Å². The third kappa shape index (κ3) is 4.55. The fourth-order valence-corrected chi connectivity index (χ4v) is 2.92. The Morgan fingerprint density at radius 1 is 1.32 bits per heavy atom. The molecular weight excluding hydrogens is 385 g/mol. The van der Waals surface area contributed by atoms with Crippen molar-refractivity contribution in [1.82, 2.24) is 10.2 Å². The normalized spacial score (nSPS) is 11.2. The summed E-state index contributed by atoms with van der Waals surface area (Å²) in [7, 11) is 0. The summed E-state index contributed by atoms with van der Waals surface area (Å²) in [6.45, 7) is 1.55. The second kappa shape index (κ2) is 8.22. The predicted octanol–water partition coefficient (Wildman–Crippen LogP) is 4.33. The van der Waals surface area contributed by atoms with Gasteiger partial charge in [0.05, 0.1) is 5.52 Å². The third-order valence-electron chi connectivity index (χ3n) is 4.26. The lowest BCUT2D eigenvalue weighted by molar-refractivity contribution is -0.137. The van der Waals surface area contributed by atoms with Gasteiger partial charge in [0, 0.05) is 29.1 Å². The van der Waals surface area contributed by atoms with E-state index in [2.05, 4.69) is 15.5 Å². The highest BCUT2D eigenvalue weighted by molar-refractivity contribution is 6.34. The average Bonchev–Trinajstić information content (AvgIpc) is 3.02. The number of amides is 1. The number of rotatable bonds is 6. The topological polar surface area (TPSA) is 95.1 Å². The molecule has 8 heteroatoms. The summed E-state index contributed by atoms with van der Waals surface area (Å²) < 4.78 is 14.1. The molecule has 0 radical (unpaired) electrons. The van der Waals surface area contributed by atoms with Crippen LogP contribution in [0.5, 0.6) is 0 Å². The first-order valence-corrected chi connectivity index (χ1v) is 8.85. The van der Waals surface area contributed by atoms with Crippen LogP contribution in [0.15, 0.2) is 36.4 Å². The number of halogens is 2. The van der Waals surface area contributed by atoms with Gasteiger partial charge in [-0.05, 0) is 54.8 Å². The van der Waals surface area contributed by atoms with Crippen LogP contribution in [0.2, 0.25) is 5.15 Å². The molecule has 0 bridgehead atoms. The maximum atomic E-state index is 14.1. The highest BCUT2D eigenvalue weighted by atomic mass is 35.5. The molecule has 6 nitrogen and oxygen atoms in total. The number of H-pyrrole nitrogens is 1. The molecule has 28 heavy (non-hydrogen) atoms. The Morgan fingerprint density at radius 3 is 2.86 bits per heavy atom. The molecule has 3 N–H and O–H groups in total. The van der Waals surface area contributed by atoms with Crippen LogP contribution in [-0.4, -0.2) is 27.2 Å². The summed E-state index contributed by atoms with van der Waals surface area (Å²) in [6.07, 6.45) is 3.01. The Morgan fingerprint density at radius 2 is 2.11 bits per heavy atom. The smallest absolute Gasteiger partial charge is 0.303 e. The molecule has 2 aromatic carbocycles. The number of anilines is 1. The van der Waals surface area contributed by atoms with E-state index in [1.807, 2.05) is 0 Å². The minimum atomic E-state index is -0.968. The summed E-state index contributed by atoms with van der Waals surface area (Å²) in [5.41, 5.74) is 2.62. The van der Waals surface area contributed by atoms with Crippen molar-refractivity contribution in [2.24, 2.45) is 0 Å². The molecule has 0 saturated carbocycles. The van der Waals surface area contributed by atoms with Gasteiger partial charge in [0.25, 0.3) is 0 Å². The first kappa shape index (κ1) is 19.6. The van der Waals surface area contributed by atoms with Crippen LogP contribution in [0.3, 0.4) is 0 Å². The highest BCUT2D eigenvalue weighted by Crippen LogP contribution is 2.23. The Balaban J connectivity index is 1.74. The van der Waals surface area contributed by atoms with Gasteiger partial charge >= 0.3 is 5.97 Å². The van der Waals surface area contributed by atoms with Gasteiger partial charge in [-0.25, -0.2) is 4.39 Å². The lowest BCUT2D eigenvalue weighted by Crippen LogP contribution is -2.10. The number of hydrogen-bond acceptors (Lipinski definition) is 3. The van der Waals surface area contributed by atoms with Gasteiger partial charge < -0.3 is 10.4 Å². The summed E-state index contributed by atoms with van der Waals surface area (Å²) >= 11 is 5.94. The van der Waals surface area contributed by atoms with Crippen LogP contribution < -0.4 is 5.32 Å². The van der Waals surface area contributed by atoms with Gasteiger partial charge in [0.1, 0.15) is 5.82 Å². The van der Waals surface area contributed by atoms with Gasteiger partial charge in [-0.1, -0.05) is 17.7 Å². The summed E-state index contributed by atoms with van der Waals surface area (Å²) in [5.74, 6) is -1.89. The van der Waals surface area contributed by atoms with Gasteiger partial charge in [0.15, 0.2) is 5.15 Å². The molecule has 0 spiro atoms. The lowest BCUT2D eigenvalue weighted by Gasteiger charge is -2.10. The highest BCUT2D eigenvalue weighted by Gasteiger charge is 2.10. The summed E-state index contributed by atoms with van der Waals surface area (Å²) in [6, 6.07) is 8.27. The number of carbonyl (C=O) groups excluding carboxylic acids is 1. The van der Waals surface area contributed by atoms with Gasteiger partial charge in [-0.3, -0.25) is 14.7 Å². The number of carboxylic acid groups (broad SMARTS) is 1. The van der Waals surface area contributed by atoms with Crippen molar-refractivity contribution >= 4 is 46.1 Å². The van der Waals surface area contributed by atoms with E-state index in [1.54, 1.807) is 37.3 Å². The number of aliphatic carboxylic acids is 1. The number of benzene rings is 2. The Bertz CT molecular complexity index is 1090. The number of aromatic nitrogens is 2. The van der Waals surface area contributed by atoms with Crippen LogP contribution in [0.4, 0.5) is 10.1 Å². The molecule has 0 fully saturated rings. The monoisotopic (exact) mass is 401 g/mol. The number of nitrogens with zero attached hydrogens (tertiary/aromatic N) is 1. The maximum Gasteiger partial charge on any atom is 0.303 e. The number of nitrogens with one attached hydrogen (secondary N) is 2. The van der Waals surface area contributed by atoms with Crippen molar-refractivity contribution < 1.29 is 19.1 Å². The molecule has 144 valence electrons. The van der Waals surface area contributed by atoms with Gasteiger partial charge in [-0.2, -0.15) is 5.10 Å². The van der Waals surface area contributed by atoms with E-state index >= 15 is 0 Å². The van der Waals surface area contributed by atoms with Crippen molar-refractivity contribution in [1.29, 1.82) is 0 Å². The zero-order valence-corrected chi connectivity index (χ0v) is 15.7. The van der Waals surface area contributed by atoms with Crippen LogP contribution in [0.25, 0.3) is 17.0 Å². The Labute approximate surface area is 165 Å². The van der Waals surface area contributed by atoms with E-state index in [-0.39, 0.29) is 18.4 Å². The number of carbonyl (C=O) groups is 2. The SMILES string of the molecule is Cc1c(F)cc(CCC(=O)O)cc1NC(=O)/C=C/c1ccc2c(Cl)n[nH]c2c1. The van der Waals surface area contributed by atoms with Crippen molar-refractivity contribution in [3.63, 3.8) is 0 Å². The minimum absolute atomic E-state index is 0.115. The first-order valence-electron chi connectivity index (χ1n) is 8.47. The average molecular weight is 402 g/mol. The van der Waals surface area contributed by atoms with E-state index in [1.165, 1.54) is 12.1 Å². The molecule has 3 aromatic rings. The van der Waals surface area contributed by atoms with Crippen molar-refractivity contribution in [2.45, 2.75) is 19.8 Å². The van der Waals surface area contributed by atoms with Crippen LogP contribution in [-0.2, 0) is 16.0 Å². The van der Waals surface area contributed by atoms with Gasteiger partial charge in [0.2, 0.25) is 5.91 Å². The second-order valence-corrected chi connectivity index (χ2v) is 6.64. The fourth-order valence-electron chi connectivity index (χ4n) is 2.71. The second-order valence-electron chi connectivity index (χ2n) is 6.29. The van der Waals surface area contributed by atoms with Gasteiger partial charge in [-0.15, -0.1) is 0 Å². The fraction of sp³-hybridized carbons (Fsp3) is 0.150. The summed E-state index contributed by atoms with van der Waals surface area (Å²) in [4.78, 5) is 22.9. The molecule has 1 heterocycles. The van der Waals surface area contributed by atoms with E-state index < -0.39 is 17.7 Å². The molecule has 0 atom stereocenters. The maximum absolute atomic E-state index is 14.1.